The second-order valence-electron chi connectivity index (χ2n) is 6.43. The maximum absolute atomic E-state index is 12.3. The molecule has 0 spiro atoms. The van der Waals surface area contributed by atoms with Gasteiger partial charge in [-0.2, -0.15) is 0 Å². The summed E-state index contributed by atoms with van der Waals surface area (Å²) in [6.07, 6.45) is 0. The van der Waals surface area contributed by atoms with Gasteiger partial charge in [-0.15, -0.1) is 0 Å². The van der Waals surface area contributed by atoms with Crippen molar-refractivity contribution in [3.05, 3.63) is 59.1 Å². The van der Waals surface area contributed by atoms with Gasteiger partial charge in [0.2, 0.25) is 0 Å². The number of benzene rings is 2. The van der Waals surface area contributed by atoms with Crippen LogP contribution in [-0.4, -0.2) is 44.5 Å². The summed E-state index contributed by atoms with van der Waals surface area (Å²) in [5.41, 5.74) is 2.31. The fourth-order valence-corrected chi connectivity index (χ4v) is 3.81. The van der Waals surface area contributed by atoms with Crippen LogP contribution in [0.2, 0.25) is 5.02 Å². The summed E-state index contributed by atoms with van der Waals surface area (Å²) in [5, 5.41) is 0.764. The lowest BCUT2D eigenvalue weighted by atomic mass is 10.1. The highest BCUT2D eigenvalue weighted by molar-refractivity contribution is 6.52. The number of nitrogens with zero attached hydrogens (tertiary/aromatic N) is 2. The van der Waals surface area contributed by atoms with Crippen LogP contribution in [0.15, 0.2) is 48.5 Å². The third-order valence-corrected chi connectivity index (χ3v) is 5.24. The number of nitrogens with one attached hydrogen (secondary N) is 1. The number of ketones is 1. The van der Waals surface area contributed by atoms with Crippen LogP contribution in [0.5, 0.6) is 0 Å². The van der Waals surface area contributed by atoms with Crippen LogP contribution in [0.25, 0.3) is 0 Å². The molecule has 1 amide bonds. The molecule has 1 saturated heterocycles. The van der Waals surface area contributed by atoms with Crippen molar-refractivity contribution < 1.29 is 14.5 Å². The van der Waals surface area contributed by atoms with E-state index in [1.807, 2.05) is 36.4 Å². The number of hydrogen-bond acceptors (Lipinski definition) is 3. The van der Waals surface area contributed by atoms with Gasteiger partial charge in [0, 0.05) is 0 Å². The van der Waals surface area contributed by atoms with E-state index < -0.39 is 11.7 Å². The summed E-state index contributed by atoms with van der Waals surface area (Å²) < 4.78 is 0. The fourth-order valence-electron chi connectivity index (χ4n) is 3.56. The number of carbonyl (C=O) groups is 2. The number of para-hydroxylation sites is 2. The van der Waals surface area contributed by atoms with Crippen molar-refractivity contribution in [1.82, 2.24) is 0 Å². The molecule has 0 atom stereocenters. The summed E-state index contributed by atoms with van der Waals surface area (Å²) >= 11 is 6.28. The predicted molar refractivity (Wildman–Crippen MR) is 97.5 cm³/mol. The van der Waals surface area contributed by atoms with Crippen LogP contribution in [0.4, 0.5) is 11.4 Å². The van der Waals surface area contributed by atoms with E-state index in [2.05, 4.69) is 4.90 Å². The Morgan fingerprint density at radius 1 is 0.920 bits per heavy atom. The van der Waals surface area contributed by atoms with Gasteiger partial charge in [0.1, 0.15) is 0 Å². The standard InChI is InChI=1S/C19H18ClN3O2/c20-15-6-2-4-8-17(15)22-11-9-21(10-12-22)13-23-16-7-3-1-5-14(16)18(24)19(23)25/h1-8H,9-13H2/p+1. The van der Waals surface area contributed by atoms with Crippen molar-refractivity contribution in [2.24, 2.45) is 0 Å². The molecule has 2 heterocycles. The molecule has 0 aromatic heterocycles. The first-order chi connectivity index (χ1) is 12.1. The van der Waals surface area contributed by atoms with E-state index in [1.165, 1.54) is 4.90 Å². The number of quaternary nitrogens is 1. The Balaban J connectivity index is 1.44. The summed E-state index contributed by atoms with van der Waals surface area (Å²) in [7, 11) is 0. The Bertz CT molecular complexity index is 831. The molecule has 2 aliphatic heterocycles. The maximum atomic E-state index is 12.3. The molecule has 2 aliphatic rings. The molecule has 1 fully saturated rings. The number of anilines is 2. The van der Waals surface area contributed by atoms with Crippen LogP contribution in [0.3, 0.4) is 0 Å². The molecule has 128 valence electrons. The van der Waals surface area contributed by atoms with E-state index >= 15 is 0 Å². The minimum atomic E-state index is -0.415. The number of hydrogen-bond donors (Lipinski definition) is 1. The highest BCUT2D eigenvalue weighted by Crippen LogP contribution is 2.27. The highest BCUT2D eigenvalue weighted by atomic mass is 35.5. The second kappa shape index (κ2) is 6.50. The lowest BCUT2D eigenvalue weighted by molar-refractivity contribution is -0.899. The van der Waals surface area contributed by atoms with Crippen molar-refractivity contribution in [3.8, 4) is 0 Å². The van der Waals surface area contributed by atoms with Gasteiger partial charge in [0.15, 0.2) is 6.67 Å². The average molecular weight is 357 g/mol. The van der Waals surface area contributed by atoms with E-state index in [-0.39, 0.29) is 0 Å². The molecular formula is C19H19ClN3O2+. The fraction of sp³-hybridized carbons (Fsp3) is 0.263. The molecule has 0 saturated carbocycles. The van der Waals surface area contributed by atoms with Crippen molar-refractivity contribution in [2.75, 3.05) is 42.6 Å². The van der Waals surface area contributed by atoms with Crippen LogP contribution >= 0.6 is 11.6 Å². The quantitative estimate of drug-likeness (QED) is 0.841. The number of piperazine rings is 1. The Labute approximate surface area is 151 Å². The number of carbonyl (C=O) groups excluding carboxylic acids is 2. The minimum Gasteiger partial charge on any atom is -0.359 e. The lowest BCUT2D eigenvalue weighted by Gasteiger charge is -2.35. The SMILES string of the molecule is O=C1C(=O)N(C[NH+]2CCN(c3ccccc3Cl)CC2)c2ccccc21. The normalized spacial score (nSPS) is 18.0. The zero-order valence-electron chi connectivity index (χ0n) is 13.7. The topological polar surface area (TPSA) is 45.1 Å². The molecule has 4 rings (SSSR count). The van der Waals surface area contributed by atoms with E-state index in [0.29, 0.717) is 12.2 Å². The molecule has 6 heteroatoms. The third-order valence-electron chi connectivity index (χ3n) is 4.92. The Hall–Kier alpha value is -2.37. The van der Waals surface area contributed by atoms with Gasteiger partial charge in [-0.25, -0.2) is 0 Å². The third kappa shape index (κ3) is 2.90. The van der Waals surface area contributed by atoms with Crippen LogP contribution < -0.4 is 14.7 Å². The molecule has 25 heavy (non-hydrogen) atoms. The van der Waals surface area contributed by atoms with Gasteiger partial charge < -0.3 is 9.80 Å². The van der Waals surface area contributed by atoms with Crippen LogP contribution in [0.1, 0.15) is 10.4 Å². The Morgan fingerprint density at radius 3 is 2.28 bits per heavy atom. The Kier molecular flexibility index (Phi) is 4.19. The highest BCUT2D eigenvalue weighted by Gasteiger charge is 2.38. The number of amides is 1. The van der Waals surface area contributed by atoms with Gasteiger partial charge >= 0.3 is 5.91 Å². The van der Waals surface area contributed by atoms with Gasteiger partial charge in [-0.3, -0.25) is 14.5 Å². The van der Waals surface area contributed by atoms with Gasteiger partial charge in [0.05, 0.1) is 48.1 Å². The first-order valence-corrected chi connectivity index (χ1v) is 8.81. The van der Waals surface area contributed by atoms with E-state index in [0.717, 1.165) is 42.6 Å². The Morgan fingerprint density at radius 2 is 1.56 bits per heavy atom. The van der Waals surface area contributed by atoms with E-state index in [9.17, 15) is 9.59 Å². The molecule has 1 N–H and O–H groups in total. The first kappa shape index (κ1) is 16.1. The van der Waals surface area contributed by atoms with Gasteiger partial charge in [-0.05, 0) is 24.3 Å². The molecule has 2 aromatic rings. The van der Waals surface area contributed by atoms with Crippen molar-refractivity contribution in [2.45, 2.75) is 0 Å². The summed E-state index contributed by atoms with van der Waals surface area (Å²) in [6.45, 7) is 4.06. The van der Waals surface area contributed by atoms with Crippen molar-refractivity contribution in [1.29, 1.82) is 0 Å². The van der Waals surface area contributed by atoms with Gasteiger partial charge in [-0.1, -0.05) is 35.9 Å². The summed E-state index contributed by atoms with van der Waals surface area (Å²) in [4.78, 5) is 29.6. The lowest BCUT2D eigenvalue weighted by Crippen LogP contribution is -3.16. The van der Waals surface area contributed by atoms with Crippen molar-refractivity contribution in [3.63, 3.8) is 0 Å². The van der Waals surface area contributed by atoms with Crippen molar-refractivity contribution >= 4 is 34.7 Å². The largest absolute Gasteiger partial charge is 0.359 e. The average Bonchev–Trinajstić information content (AvgIpc) is 2.88. The van der Waals surface area contributed by atoms with Crippen LogP contribution in [-0.2, 0) is 4.79 Å². The molecule has 5 nitrogen and oxygen atoms in total. The number of Topliss-reactive ketones (excluding diaryl/α,β-unsaturated/α-hetero) is 1. The second-order valence-corrected chi connectivity index (χ2v) is 6.83. The zero-order valence-corrected chi connectivity index (χ0v) is 14.5. The number of rotatable bonds is 3. The zero-order chi connectivity index (χ0) is 17.4. The molecular weight excluding hydrogens is 338 g/mol. The summed E-state index contributed by atoms with van der Waals surface area (Å²) in [6, 6.07) is 15.1. The predicted octanol–water partition coefficient (Wildman–Crippen LogP) is 1.23. The maximum Gasteiger partial charge on any atom is 0.303 e. The molecule has 0 unspecified atom stereocenters. The first-order valence-electron chi connectivity index (χ1n) is 8.43. The van der Waals surface area contributed by atoms with Gasteiger partial charge in [0.25, 0.3) is 5.78 Å². The molecule has 0 aliphatic carbocycles. The minimum absolute atomic E-state index is 0.398. The molecule has 0 bridgehead atoms. The smallest absolute Gasteiger partial charge is 0.303 e. The van der Waals surface area contributed by atoms with E-state index in [1.54, 1.807) is 17.0 Å². The monoisotopic (exact) mass is 356 g/mol. The van der Waals surface area contributed by atoms with Crippen LogP contribution in [0, 0.1) is 0 Å². The number of fused-ring (bicyclic) bond motifs is 1. The number of halogens is 1. The summed E-state index contributed by atoms with van der Waals surface area (Å²) in [5.74, 6) is -0.813. The van der Waals surface area contributed by atoms with E-state index in [4.69, 9.17) is 11.6 Å². The molecule has 0 radical (unpaired) electrons. The molecule has 2 aromatic carbocycles.